The van der Waals surface area contributed by atoms with Crippen molar-refractivity contribution in [1.29, 1.82) is 0 Å². The maximum Gasteiger partial charge on any atom is 0.333 e. The Morgan fingerprint density at radius 1 is 1.00 bits per heavy atom. The number of rotatable bonds is 6. The molecule has 0 aliphatic carbocycles. The van der Waals surface area contributed by atoms with Gasteiger partial charge in [-0.3, -0.25) is 18.7 Å². The first-order chi connectivity index (χ1) is 16.3. The summed E-state index contributed by atoms with van der Waals surface area (Å²) in [6.45, 7) is 5.56. The number of nitrogens with one attached hydrogen (secondary N) is 1. The molecule has 2 aromatic carbocycles. The molecule has 0 radical (unpaired) electrons. The second-order valence-electron chi connectivity index (χ2n) is 8.27. The highest BCUT2D eigenvalue weighted by molar-refractivity contribution is 5.93. The fraction of sp³-hybridized carbons (Fsp3) is 0.231. The lowest BCUT2D eigenvalue weighted by Gasteiger charge is -2.16. The van der Waals surface area contributed by atoms with Crippen LogP contribution in [-0.2, 0) is 17.9 Å². The van der Waals surface area contributed by atoms with Crippen molar-refractivity contribution >= 4 is 22.6 Å². The Balaban J connectivity index is 1.78. The van der Waals surface area contributed by atoms with Crippen LogP contribution in [0.2, 0.25) is 0 Å². The number of hydrogen-bond donors (Lipinski definition) is 1. The highest BCUT2D eigenvalue weighted by Crippen LogP contribution is 2.22. The van der Waals surface area contributed by atoms with Gasteiger partial charge in [-0.2, -0.15) is 0 Å². The summed E-state index contributed by atoms with van der Waals surface area (Å²) in [6, 6.07) is 14.4. The number of ether oxygens (including phenoxy) is 1. The number of anilines is 1. The Bertz CT molecular complexity index is 1490. The minimum Gasteiger partial charge on any atom is -0.496 e. The van der Waals surface area contributed by atoms with Crippen molar-refractivity contribution in [3.05, 3.63) is 97.8 Å². The molecule has 0 fully saturated rings. The van der Waals surface area contributed by atoms with Gasteiger partial charge in [-0.25, -0.2) is 9.78 Å². The monoisotopic (exact) mass is 458 g/mol. The van der Waals surface area contributed by atoms with Crippen LogP contribution in [0, 0.1) is 20.8 Å². The van der Waals surface area contributed by atoms with Crippen LogP contribution in [0.25, 0.3) is 11.0 Å². The number of fused-ring (bicyclic) bond motifs is 1. The summed E-state index contributed by atoms with van der Waals surface area (Å²) in [5.74, 6) is 0.182. The Labute approximate surface area is 196 Å². The van der Waals surface area contributed by atoms with Gasteiger partial charge in [0, 0.05) is 17.4 Å². The van der Waals surface area contributed by atoms with E-state index in [2.05, 4.69) is 10.3 Å². The zero-order chi connectivity index (χ0) is 24.4. The third kappa shape index (κ3) is 4.34. The Morgan fingerprint density at radius 2 is 1.71 bits per heavy atom. The molecule has 8 nitrogen and oxygen atoms in total. The van der Waals surface area contributed by atoms with Gasteiger partial charge in [-0.05, 0) is 50.1 Å². The third-order valence-corrected chi connectivity index (χ3v) is 5.74. The lowest BCUT2D eigenvalue weighted by atomic mass is 10.1. The maximum atomic E-state index is 13.4. The van der Waals surface area contributed by atoms with Crippen molar-refractivity contribution in [2.45, 2.75) is 33.9 Å². The quantitative estimate of drug-likeness (QED) is 0.479. The van der Waals surface area contributed by atoms with Crippen LogP contribution in [0.1, 0.15) is 22.3 Å². The second kappa shape index (κ2) is 9.35. The van der Waals surface area contributed by atoms with Gasteiger partial charge in [-0.15, -0.1) is 0 Å². The summed E-state index contributed by atoms with van der Waals surface area (Å²) in [5, 5.41) is 3.17. The highest BCUT2D eigenvalue weighted by Gasteiger charge is 2.18. The van der Waals surface area contributed by atoms with E-state index in [0.717, 1.165) is 21.3 Å². The number of hydrogen-bond acceptors (Lipinski definition) is 5. The van der Waals surface area contributed by atoms with Crippen molar-refractivity contribution in [1.82, 2.24) is 14.1 Å². The fourth-order valence-electron chi connectivity index (χ4n) is 4.23. The molecular formula is C26H26N4O4. The summed E-state index contributed by atoms with van der Waals surface area (Å²) in [5.41, 5.74) is 3.43. The molecule has 174 valence electrons. The van der Waals surface area contributed by atoms with Crippen LogP contribution in [0.4, 0.5) is 5.69 Å². The van der Waals surface area contributed by atoms with E-state index in [1.807, 2.05) is 45.0 Å². The fourth-order valence-corrected chi connectivity index (χ4v) is 4.23. The number of carbonyl (C=O) groups is 1. The van der Waals surface area contributed by atoms with E-state index in [9.17, 15) is 14.4 Å². The van der Waals surface area contributed by atoms with E-state index in [1.165, 1.54) is 17.9 Å². The molecule has 0 aliphatic heterocycles. The smallest absolute Gasteiger partial charge is 0.333 e. The predicted octanol–water partition coefficient (Wildman–Crippen LogP) is 3.18. The number of pyridine rings is 1. The number of benzene rings is 2. The lowest BCUT2D eigenvalue weighted by Crippen LogP contribution is -2.42. The molecule has 34 heavy (non-hydrogen) atoms. The Kier molecular flexibility index (Phi) is 6.32. The molecule has 0 saturated heterocycles. The van der Waals surface area contributed by atoms with Gasteiger partial charge in [0.1, 0.15) is 17.9 Å². The molecule has 1 N–H and O–H groups in total. The molecule has 0 saturated carbocycles. The molecule has 0 aliphatic rings. The summed E-state index contributed by atoms with van der Waals surface area (Å²) >= 11 is 0. The first-order valence-corrected chi connectivity index (χ1v) is 10.9. The SMILES string of the molecule is COc1ccccc1Cn1c(=O)c2cccnc2n(CC(=O)Nc2c(C)cc(C)cc2C)c1=O. The van der Waals surface area contributed by atoms with Crippen LogP contribution >= 0.6 is 0 Å². The van der Waals surface area contributed by atoms with E-state index in [4.69, 9.17) is 4.74 Å². The average Bonchev–Trinajstić information content (AvgIpc) is 2.82. The number of methoxy groups -OCH3 is 1. The van der Waals surface area contributed by atoms with Gasteiger partial charge in [0.05, 0.1) is 19.0 Å². The standard InChI is InChI=1S/C26H26N4O4/c1-16-12-17(2)23(18(3)13-16)28-22(31)15-29-24-20(9-7-11-27-24)25(32)30(26(29)33)14-19-8-5-6-10-21(19)34-4/h5-13H,14-15H2,1-4H3,(H,28,31). The van der Waals surface area contributed by atoms with E-state index in [1.54, 1.807) is 24.3 Å². The molecule has 0 spiro atoms. The Morgan fingerprint density at radius 3 is 2.41 bits per heavy atom. The van der Waals surface area contributed by atoms with Gasteiger partial charge in [0.15, 0.2) is 0 Å². The van der Waals surface area contributed by atoms with Crippen molar-refractivity contribution in [2.24, 2.45) is 0 Å². The van der Waals surface area contributed by atoms with Crippen molar-refractivity contribution in [3.63, 3.8) is 0 Å². The predicted molar refractivity (Wildman–Crippen MR) is 132 cm³/mol. The van der Waals surface area contributed by atoms with Crippen LogP contribution in [0.3, 0.4) is 0 Å². The number of carbonyl (C=O) groups excluding carboxylic acids is 1. The Hall–Kier alpha value is -4.20. The molecule has 4 aromatic rings. The number of nitrogens with zero attached hydrogens (tertiary/aromatic N) is 3. The van der Waals surface area contributed by atoms with Gasteiger partial charge in [-0.1, -0.05) is 35.9 Å². The normalized spacial score (nSPS) is 10.9. The van der Waals surface area contributed by atoms with Crippen molar-refractivity contribution in [2.75, 3.05) is 12.4 Å². The first kappa shape index (κ1) is 23.0. The minimum absolute atomic E-state index is 0.00428. The van der Waals surface area contributed by atoms with Crippen LogP contribution in [-0.4, -0.2) is 27.1 Å². The van der Waals surface area contributed by atoms with E-state index in [-0.39, 0.29) is 30.0 Å². The van der Waals surface area contributed by atoms with E-state index in [0.29, 0.717) is 17.0 Å². The molecule has 2 aromatic heterocycles. The van der Waals surface area contributed by atoms with Crippen LogP contribution in [0.15, 0.2) is 64.3 Å². The van der Waals surface area contributed by atoms with Crippen LogP contribution in [0.5, 0.6) is 5.75 Å². The summed E-state index contributed by atoms with van der Waals surface area (Å²) in [6.07, 6.45) is 1.49. The second-order valence-corrected chi connectivity index (χ2v) is 8.27. The van der Waals surface area contributed by atoms with E-state index >= 15 is 0 Å². The number of amides is 1. The van der Waals surface area contributed by atoms with Gasteiger partial charge in [0.2, 0.25) is 5.91 Å². The molecule has 2 heterocycles. The van der Waals surface area contributed by atoms with Gasteiger partial charge in [0.25, 0.3) is 5.56 Å². The van der Waals surface area contributed by atoms with Crippen molar-refractivity contribution in [3.8, 4) is 5.75 Å². The molecule has 8 heteroatoms. The first-order valence-electron chi connectivity index (χ1n) is 10.9. The molecule has 0 bridgehead atoms. The molecule has 0 atom stereocenters. The van der Waals surface area contributed by atoms with Gasteiger partial charge < -0.3 is 10.1 Å². The topological polar surface area (TPSA) is 95.2 Å². The zero-order valence-corrected chi connectivity index (χ0v) is 19.6. The molecule has 0 unspecified atom stereocenters. The number of aryl methyl sites for hydroxylation is 3. The van der Waals surface area contributed by atoms with Gasteiger partial charge >= 0.3 is 5.69 Å². The van der Waals surface area contributed by atoms with Crippen molar-refractivity contribution < 1.29 is 9.53 Å². The summed E-state index contributed by atoms with van der Waals surface area (Å²) in [7, 11) is 1.53. The molecular weight excluding hydrogens is 432 g/mol. The average molecular weight is 459 g/mol. The third-order valence-electron chi connectivity index (χ3n) is 5.74. The number of aromatic nitrogens is 3. The molecule has 4 rings (SSSR count). The highest BCUT2D eigenvalue weighted by atomic mass is 16.5. The summed E-state index contributed by atoms with van der Waals surface area (Å²) < 4.78 is 7.72. The lowest BCUT2D eigenvalue weighted by molar-refractivity contribution is -0.116. The number of para-hydroxylation sites is 1. The minimum atomic E-state index is -0.616. The maximum absolute atomic E-state index is 13.4. The zero-order valence-electron chi connectivity index (χ0n) is 19.6. The van der Waals surface area contributed by atoms with Crippen LogP contribution < -0.4 is 21.3 Å². The largest absolute Gasteiger partial charge is 0.496 e. The molecule has 1 amide bonds. The summed E-state index contributed by atoms with van der Waals surface area (Å²) in [4.78, 5) is 43.9. The van der Waals surface area contributed by atoms with E-state index < -0.39 is 11.2 Å².